The number of unbranched alkanes of at least 4 members (excludes halogenated alkanes) is 1. The molecular formula is C51H66N10O7. The van der Waals surface area contributed by atoms with Crippen LogP contribution in [0.4, 0.5) is 23.1 Å². The molecule has 0 spiro atoms. The van der Waals surface area contributed by atoms with Crippen LogP contribution in [0, 0.1) is 11.8 Å². The fraction of sp³-hybridized carbons (Fsp3) is 0.549. The van der Waals surface area contributed by atoms with E-state index >= 15 is 0 Å². The maximum absolute atomic E-state index is 13.4. The number of anilines is 4. The lowest BCUT2D eigenvalue weighted by atomic mass is 10.0. The average molecular weight is 931 g/mol. The lowest BCUT2D eigenvalue weighted by Crippen LogP contribution is -2.55. The Kier molecular flexibility index (Phi) is 16.2. The zero-order chi connectivity index (χ0) is 47.6. The number of carbonyl (C=O) groups excluding carboxylic acids is 5. The van der Waals surface area contributed by atoms with Gasteiger partial charge in [-0.2, -0.15) is 4.98 Å². The third kappa shape index (κ3) is 11.3. The van der Waals surface area contributed by atoms with Crippen LogP contribution in [0.25, 0.3) is 0 Å². The predicted molar refractivity (Wildman–Crippen MR) is 259 cm³/mol. The maximum Gasteiger partial charge on any atom is 0.255 e. The van der Waals surface area contributed by atoms with Crippen LogP contribution in [0.5, 0.6) is 5.75 Å². The number of hydrogen-bond acceptors (Lipinski definition) is 13. The number of rotatable bonds is 19. The number of nitrogens with one attached hydrogen (secondary N) is 4. The second-order valence-electron chi connectivity index (χ2n) is 18.4. The number of amides is 5. The van der Waals surface area contributed by atoms with Crippen LogP contribution < -0.4 is 35.8 Å². The molecule has 4 N–H and O–H groups in total. The van der Waals surface area contributed by atoms with E-state index in [9.17, 15) is 24.0 Å². The number of hydrogen-bond donors (Lipinski definition) is 4. The number of benzene rings is 2. The van der Waals surface area contributed by atoms with Crippen molar-refractivity contribution in [2.24, 2.45) is 0 Å². The largest absolute Gasteiger partial charge is 0.495 e. The van der Waals surface area contributed by atoms with Crippen molar-refractivity contribution < 1.29 is 33.4 Å². The van der Waals surface area contributed by atoms with E-state index in [-0.39, 0.29) is 48.2 Å². The number of aromatic nitrogens is 2. The van der Waals surface area contributed by atoms with E-state index < -0.39 is 11.9 Å². The summed E-state index contributed by atoms with van der Waals surface area (Å²) in [6.45, 7) is 8.40. The van der Waals surface area contributed by atoms with Gasteiger partial charge in [0.05, 0.1) is 19.0 Å². The predicted octanol–water partition coefficient (Wildman–Crippen LogP) is 4.91. The normalized spacial score (nSPS) is 20.0. The molecule has 4 aliphatic heterocycles. The smallest absolute Gasteiger partial charge is 0.255 e. The first-order valence-electron chi connectivity index (χ1n) is 24.6. The molecule has 2 aromatic carbocycles. The third-order valence-corrected chi connectivity index (χ3v) is 13.9. The van der Waals surface area contributed by atoms with Crippen LogP contribution in [-0.2, 0) is 25.7 Å². The molecule has 1 aromatic heterocycles. The Hall–Kier alpha value is -6.09. The highest BCUT2D eigenvalue weighted by Crippen LogP contribution is 2.40. The van der Waals surface area contributed by atoms with Crippen molar-refractivity contribution in [2.75, 3.05) is 75.2 Å². The lowest BCUT2D eigenvalue weighted by Gasteiger charge is -2.43. The molecule has 362 valence electrons. The first kappa shape index (κ1) is 48.4. The Bertz CT molecular complexity index is 2390. The zero-order valence-corrected chi connectivity index (χ0v) is 39.7. The highest BCUT2D eigenvalue weighted by Gasteiger charge is 2.42. The maximum atomic E-state index is 13.4. The molecule has 2 saturated heterocycles. The number of carbonyl (C=O) groups is 5. The van der Waals surface area contributed by atoms with Crippen molar-refractivity contribution in [2.45, 2.75) is 121 Å². The third-order valence-electron chi connectivity index (χ3n) is 13.9. The molecule has 0 radical (unpaired) electrons. The Labute approximate surface area is 399 Å². The summed E-state index contributed by atoms with van der Waals surface area (Å²) in [4.78, 5) is 81.2. The molecule has 5 amide bonds. The highest BCUT2D eigenvalue weighted by atomic mass is 16.5. The van der Waals surface area contributed by atoms with Gasteiger partial charge in [-0.25, -0.2) is 4.98 Å². The first-order chi connectivity index (χ1) is 33.1. The molecule has 1 saturated carbocycles. The summed E-state index contributed by atoms with van der Waals surface area (Å²) < 4.78 is 11.6. The molecule has 5 aliphatic rings. The van der Waals surface area contributed by atoms with E-state index in [4.69, 9.17) is 14.5 Å². The van der Waals surface area contributed by atoms with Gasteiger partial charge in [-0.05, 0) is 113 Å². The van der Waals surface area contributed by atoms with Gasteiger partial charge in [0.15, 0.2) is 5.82 Å². The molecule has 2 atom stereocenters. The van der Waals surface area contributed by atoms with Crippen LogP contribution in [-0.4, -0.2) is 134 Å². The molecule has 8 rings (SSSR count). The van der Waals surface area contributed by atoms with Gasteiger partial charge in [-0.3, -0.25) is 29.3 Å². The monoisotopic (exact) mass is 931 g/mol. The Morgan fingerprint density at radius 2 is 1.76 bits per heavy atom. The minimum atomic E-state index is -0.640. The molecule has 5 heterocycles. The van der Waals surface area contributed by atoms with E-state index in [0.717, 1.165) is 107 Å². The lowest BCUT2D eigenvalue weighted by molar-refractivity contribution is -0.137. The highest BCUT2D eigenvalue weighted by molar-refractivity contribution is 6.06. The van der Waals surface area contributed by atoms with Crippen LogP contribution in [0.1, 0.15) is 122 Å². The van der Waals surface area contributed by atoms with Crippen molar-refractivity contribution >= 4 is 52.7 Å². The van der Waals surface area contributed by atoms with Crippen molar-refractivity contribution in [1.29, 1.82) is 0 Å². The number of piperidine rings is 2. The molecule has 1 aliphatic carbocycles. The average Bonchev–Trinajstić information content (AvgIpc) is 4.00. The minimum Gasteiger partial charge on any atom is -0.495 e. The van der Waals surface area contributed by atoms with Crippen LogP contribution in [0.3, 0.4) is 0 Å². The van der Waals surface area contributed by atoms with Crippen molar-refractivity contribution in [1.82, 2.24) is 35.7 Å². The Balaban J connectivity index is 0.685. The molecule has 68 heavy (non-hydrogen) atoms. The fourth-order valence-electron chi connectivity index (χ4n) is 10.1. The van der Waals surface area contributed by atoms with Crippen molar-refractivity contribution in [3.63, 3.8) is 0 Å². The van der Waals surface area contributed by atoms with E-state index in [1.165, 1.54) is 0 Å². The number of imide groups is 1. The summed E-state index contributed by atoms with van der Waals surface area (Å²) >= 11 is 0. The quantitative estimate of drug-likeness (QED) is 0.0722. The number of likely N-dealkylation sites (tertiary alicyclic amines) is 1. The summed E-state index contributed by atoms with van der Waals surface area (Å²) in [5.41, 5.74) is 4.09. The number of methoxy groups -OCH3 is 1. The number of fused-ring (bicyclic) bond motifs is 2. The van der Waals surface area contributed by atoms with Gasteiger partial charge >= 0.3 is 0 Å². The summed E-state index contributed by atoms with van der Waals surface area (Å²) in [5.74, 6) is 7.16. The van der Waals surface area contributed by atoms with Gasteiger partial charge in [0.25, 0.3) is 11.8 Å². The van der Waals surface area contributed by atoms with Gasteiger partial charge in [0, 0.05) is 81.5 Å². The molecular weight excluding hydrogens is 865 g/mol. The van der Waals surface area contributed by atoms with Gasteiger partial charge in [0.1, 0.15) is 23.5 Å². The number of nitrogens with zero attached hydrogens (tertiary/aromatic N) is 6. The molecule has 2 unspecified atom stereocenters. The van der Waals surface area contributed by atoms with E-state index in [1.807, 2.05) is 18.2 Å². The second kappa shape index (κ2) is 22.8. The van der Waals surface area contributed by atoms with Gasteiger partial charge in [-0.15, -0.1) is 0 Å². The first-order valence-corrected chi connectivity index (χ1v) is 24.6. The molecule has 17 nitrogen and oxygen atoms in total. The molecule has 0 bridgehead atoms. The molecule has 3 aromatic rings. The van der Waals surface area contributed by atoms with E-state index in [1.54, 1.807) is 48.4 Å². The van der Waals surface area contributed by atoms with Gasteiger partial charge in [0.2, 0.25) is 23.7 Å². The molecule has 17 heteroatoms. The second-order valence-corrected chi connectivity index (χ2v) is 18.4. The number of likely N-dealkylation sites (N-methyl/N-ethyl adjacent to an activating group) is 1. The van der Waals surface area contributed by atoms with Crippen molar-refractivity contribution in [3.8, 4) is 17.6 Å². The van der Waals surface area contributed by atoms with Crippen LogP contribution in [0.15, 0.2) is 42.6 Å². The number of ether oxygens (including phenoxy) is 2. The Morgan fingerprint density at radius 3 is 2.54 bits per heavy atom. The van der Waals surface area contributed by atoms with Gasteiger partial charge < -0.3 is 45.0 Å². The SMILES string of the molecule is CCC1C(=O)N(C)c2cnc(Nc3ccc(C(=O)NC4CCN(CCCNCCCOCCCC#Cc5cccc6c5CN(C5CCC(=O)NC5=O)C6=O)CC4)cc3OC)nc2N1C1CCCC1. The van der Waals surface area contributed by atoms with E-state index in [0.29, 0.717) is 73.2 Å². The zero-order valence-electron chi connectivity index (χ0n) is 39.7. The summed E-state index contributed by atoms with van der Waals surface area (Å²) in [5, 5.41) is 12.4. The van der Waals surface area contributed by atoms with Gasteiger partial charge in [-0.1, -0.05) is 37.7 Å². The van der Waals surface area contributed by atoms with E-state index in [2.05, 4.69) is 54.8 Å². The summed E-state index contributed by atoms with van der Waals surface area (Å²) in [6.07, 6.45) is 12.6. The van der Waals surface area contributed by atoms with Crippen LogP contribution >= 0.6 is 0 Å². The molecule has 3 fully saturated rings. The standard InChI is InChI=1S/C51H66N10O7/c1-4-41-50(66)58(2)43-32-53-51(57-46(43)61(41)37-15-7-8-16-37)55-40-19-18-35(31-44(40)67-3)47(63)54-36-22-27-59(28-23-36)26-11-24-52-25-12-30-68-29-9-5-6-13-34-14-10-17-38-39(34)33-60(49(38)65)42-20-21-45(62)56-48(42)64/h10,14,17-19,31-32,36-37,41-42,52H,4-5,7-9,11-12,15-16,20-30,33H2,1-3H3,(H,54,63)(H,53,55,57)(H,56,62,64). The Morgan fingerprint density at radius 1 is 0.971 bits per heavy atom. The topological polar surface area (TPSA) is 191 Å². The summed E-state index contributed by atoms with van der Waals surface area (Å²) in [7, 11) is 3.38. The summed E-state index contributed by atoms with van der Waals surface area (Å²) in [6, 6.07) is 10.3. The van der Waals surface area contributed by atoms with Crippen LogP contribution in [0.2, 0.25) is 0 Å². The fourth-order valence-corrected chi connectivity index (χ4v) is 10.1. The van der Waals surface area contributed by atoms with Crippen molar-refractivity contribution in [3.05, 3.63) is 64.8 Å². The minimum absolute atomic E-state index is 0.0742.